The molecule has 1 amide bonds. The summed E-state index contributed by atoms with van der Waals surface area (Å²) in [5.74, 6) is -0.402. The third-order valence-corrected chi connectivity index (χ3v) is 2.94. The van der Waals surface area contributed by atoms with E-state index in [4.69, 9.17) is 23.2 Å². The minimum atomic E-state index is -0.402. The van der Waals surface area contributed by atoms with E-state index in [9.17, 15) is 4.79 Å². The molecule has 0 bridgehead atoms. The molecule has 2 aromatic rings. The number of nitrogens with one attached hydrogen (secondary N) is 2. The van der Waals surface area contributed by atoms with Gasteiger partial charge in [-0.1, -0.05) is 23.2 Å². The van der Waals surface area contributed by atoms with Gasteiger partial charge in [0.25, 0.3) is 5.91 Å². The summed E-state index contributed by atoms with van der Waals surface area (Å²) < 4.78 is 0. The normalized spacial score (nSPS) is 11.4. The molecule has 5 nitrogen and oxygen atoms in total. The lowest BCUT2D eigenvalue weighted by Gasteiger charge is -2.04. The number of hydrogen-bond acceptors (Lipinski definition) is 3. The fourth-order valence-electron chi connectivity index (χ4n) is 1.39. The molecule has 0 radical (unpaired) electrons. The first-order valence-corrected chi connectivity index (χ1v) is 6.13. The van der Waals surface area contributed by atoms with Crippen molar-refractivity contribution < 1.29 is 4.79 Å². The molecule has 7 heteroatoms. The monoisotopic (exact) mass is 296 g/mol. The quantitative estimate of drug-likeness (QED) is 0.675. The molecule has 0 aliphatic carbocycles. The number of halogens is 2. The molecule has 0 saturated carbocycles. The van der Waals surface area contributed by atoms with Gasteiger partial charge >= 0.3 is 0 Å². The maximum atomic E-state index is 11.9. The topological polar surface area (TPSA) is 70.1 Å². The molecule has 2 N–H and O–H groups in total. The van der Waals surface area contributed by atoms with Gasteiger partial charge in [-0.2, -0.15) is 10.2 Å². The fraction of sp³-hybridized carbons (Fsp3) is 0.0833. The summed E-state index contributed by atoms with van der Waals surface area (Å²) >= 11 is 11.7. The second-order valence-electron chi connectivity index (χ2n) is 3.73. The summed E-state index contributed by atoms with van der Waals surface area (Å²) in [5, 5.41) is 11.3. The van der Waals surface area contributed by atoms with Crippen LogP contribution < -0.4 is 5.43 Å². The Morgan fingerprint density at radius 2 is 2.16 bits per heavy atom. The van der Waals surface area contributed by atoms with Crippen molar-refractivity contribution in [2.24, 2.45) is 5.10 Å². The Balaban J connectivity index is 2.11. The number of benzene rings is 1. The van der Waals surface area contributed by atoms with E-state index in [1.165, 1.54) is 6.07 Å². The van der Waals surface area contributed by atoms with Crippen LogP contribution in [0.3, 0.4) is 0 Å². The lowest BCUT2D eigenvalue weighted by Crippen LogP contribution is -2.19. The first kappa shape index (κ1) is 13.6. The van der Waals surface area contributed by atoms with Crippen LogP contribution >= 0.6 is 23.2 Å². The Kier molecular flexibility index (Phi) is 4.19. The van der Waals surface area contributed by atoms with Crippen molar-refractivity contribution >= 4 is 34.8 Å². The van der Waals surface area contributed by atoms with Crippen LogP contribution in [-0.4, -0.2) is 21.8 Å². The van der Waals surface area contributed by atoms with Crippen molar-refractivity contribution in [2.75, 3.05) is 0 Å². The third kappa shape index (κ3) is 3.33. The van der Waals surface area contributed by atoms with Crippen LogP contribution in [0.4, 0.5) is 0 Å². The first-order valence-electron chi connectivity index (χ1n) is 5.37. The smallest absolute Gasteiger partial charge is 0.272 e. The molecule has 0 spiro atoms. The number of aromatic amines is 1. The van der Waals surface area contributed by atoms with Crippen molar-refractivity contribution in [1.82, 2.24) is 15.6 Å². The van der Waals surface area contributed by atoms with Gasteiger partial charge in [-0.15, -0.1) is 0 Å². The Bertz CT molecular complexity index is 623. The average molecular weight is 297 g/mol. The summed E-state index contributed by atoms with van der Waals surface area (Å²) in [6.45, 7) is 1.75. The SMILES string of the molecule is C/C(=N\NC(=O)c1ccc(Cl)cc1Cl)c1ccn[nH]1. The highest BCUT2D eigenvalue weighted by atomic mass is 35.5. The van der Waals surface area contributed by atoms with Gasteiger partial charge in [-0.3, -0.25) is 9.89 Å². The van der Waals surface area contributed by atoms with E-state index in [0.717, 1.165) is 5.69 Å². The van der Waals surface area contributed by atoms with Crippen LogP contribution in [0.25, 0.3) is 0 Å². The maximum absolute atomic E-state index is 11.9. The van der Waals surface area contributed by atoms with Crippen LogP contribution in [0.5, 0.6) is 0 Å². The summed E-state index contributed by atoms with van der Waals surface area (Å²) in [7, 11) is 0. The van der Waals surface area contributed by atoms with Gasteiger partial charge in [0.05, 0.1) is 22.0 Å². The minimum absolute atomic E-state index is 0.277. The number of aromatic nitrogens is 2. The van der Waals surface area contributed by atoms with Gasteiger partial charge in [0.1, 0.15) is 0 Å². The Labute approximate surface area is 119 Å². The van der Waals surface area contributed by atoms with Gasteiger partial charge < -0.3 is 0 Å². The molecule has 98 valence electrons. The number of hydrazone groups is 1. The van der Waals surface area contributed by atoms with E-state index in [1.807, 2.05) is 0 Å². The van der Waals surface area contributed by atoms with Gasteiger partial charge in [-0.05, 0) is 31.2 Å². The molecule has 2 rings (SSSR count). The number of rotatable bonds is 3. The molecule has 1 aromatic heterocycles. The largest absolute Gasteiger partial charge is 0.277 e. The first-order chi connectivity index (χ1) is 9.08. The predicted molar refractivity (Wildman–Crippen MR) is 74.7 cm³/mol. The zero-order valence-corrected chi connectivity index (χ0v) is 11.5. The van der Waals surface area contributed by atoms with Crippen LogP contribution in [0.1, 0.15) is 23.0 Å². The summed E-state index contributed by atoms with van der Waals surface area (Å²) in [5.41, 5.74) is 4.07. The highest BCUT2D eigenvalue weighted by Gasteiger charge is 2.10. The minimum Gasteiger partial charge on any atom is -0.277 e. The van der Waals surface area contributed by atoms with E-state index in [0.29, 0.717) is 16.3 Å². The fourth-order valence-corrected chi connectivity index (χ4v) is 1.88. The summed E-state index contributed by atoms with van der Waals surface area (Å²) in [6, 6.07) is 6.39. The second-order valence-corrected chi connectivity index (χ2v) is 4.58. The number of amides is 1. The zero-order valence-electron chi connectivity index (χ0n) is 9.95. The number of nitrogens with zero attached hydrogens (tertiary/aromatic N) is 2. The third-order valence-electron chi connectivity index (χ3n) is 2.39. The predicted octanol–water partition coefficient (Wildman–Crippen LogP) is 2.87. The Hall–Kier alpha value is -1.85. The zero-order chi connectivity index (χ0) is 13.8. The lowest BCUT2D eigenvalue weighted by molar-refractivity contribution is 0.0955. The Morgan fingerprint density at radius 1 is 1.37 bits per heavy atom. The molecular weight excluding hydrogens is 287 g/mol. The standard InChI is InChI=1S/C12H10Cl2N4O/c1-7(11-4-5-15-17-11)16-18-12(19)9-3-2-8(13)6-10(9)14/h2-6H,1H3,(H,15,17)(H,18,19)/b16-7+. The maximum Gasteiger partial charge on any atom is 0.272 e. The average Bonchev–Trinajstić information content (AvgIpc) is 2.89. The van der Waals surface area contributed by atoms with Crippen LogP contribution in [0, 0.1) is 0 Å². The van der Waals surface area contributed by atoms with Gasteiger partial charge in [0.15, 0.2) is 0 Å². The van der Waals surface area contributed by atoms with Crippen molar-refractivity contribution in [2.45, 2.75) is 6.92 Å². The van der Waals surface area contributed by atoms with E-state index >= 15 is 0 Å². The molecule has 19 heavy (non-hydrogen) atoms. The molecule has 0 fully saturated rings. The van der Waals surface area contributed by atoms with Gasteiger partial charge in [-0.25, -0.2) is 5.43 Å². The van der Waals surface area contributed by atoms with E-state index in [-0.39, 0.29) is 5.02 Å². The number of carbonyl (C=O) groups excluding carboxylic acids is 1. The van der Waals surface area contributed by atoms with Crippen LogP contribution in [0.15, 0.2) is 35.6 Å². The van der Waals surface area contributed by atoms with Crippen molar-refractivity contribution in [3.63, 3.8) is 0 Å². The Morgan fingerprint density at radius 3 is 2.79 bits per heavy atom. The van der Waals surface area contributed by atoms with E-state index in [1.54, 1.807) is 31.3 Å². The second kappa shape index (κ2) is 5.86. The molecule has 0 saturated heterocycles. The highest BCUT2D eigenvalue weighted by molar-refractivity contribution is 6.36. The summed E-state index contributed by atoms with van der Waals surface area (Å²) in [4.78, 5) is 11.9. The van der Waals surface area contributed by atoms with Crippen molar-refractivity contribution in [3.8, 4) is 0 Å². The molecule has 0 aliphatic rings. The highest BCUT2D eigenvalue weighted by Crippen LogP contribution is 2.20. The number of H-pyrrole nitrogens is 1. The molecule has 1 aromatic carbocycles. The van der Waals surface area contributed by atoms with E-state index < -0.39 is 5.91 Å². The van der Waals surface area contributed by atoms with E-state index in [2.05, 4.69) is 20.7 Å². The molecule has 1 heterocycles. The molecule has 0 atom stereocenters. The lowest BCUT2D eigenvalue weighted by atomic mass is 10.2. The molecule has 0 unspecified atom stereocenters. The molecule has 0 aliphatic heterocycles. The van der Waals surface area contributed by atoms with Gasteiger partial charge in [0, 0.05) is 11.2 Å². The number of carbonyl (C=O) groups is 1. The summed E-state index contributed by atoms with van der Waals surface area (Å²) in [6.07, 6.45) is 1.60. The van der Waals surface area contributed by atoms with Crippen molar-refractivity contribution in [1.29, 1.82) is 0 Å². The number of hydrogen-bond donors (Lipinski definition) is 2. The van der Waals surface area contributed by atoms with Crippen LogP contribution in [0.2, 0.25) is 10.0 Å². The van der Waals surface area contributed by atoms with Gasteiger partial charge in [0.2, 0.25) is 0 Å². The van der Waals surface area contributed by atoms with Crippen molar-refractivity contribution in [3.05, 3.63) is 51.8 Å². The van der Waals surface area contributed by atoms with Crippen LogP contribution in [-0.2, 0) is 0 Å². The molecular formula is C12H10Cl2N4O.